The molecule has 104 valence electrons. The summed E-state index contributed by atoms with van der Waals surface area (Å²) in [5.41, 5.74) is 1.09. The molecule has 0 aromatic carbocycles. The van der Waals surface area contributed by atoms with Gasteiger partial charge >= 0.3 is 5.97 Å². The van der Waals surface area contributed by atoms with Crippen molar-refractivity contribution in [3.05, 3.63) is 21.9 Å². The smallest absolute Gasteiger partial charge is 0.326 e. The van der Waals surface area contributed by atoms with Gasteiger partial charge in [-0.25, -0.2) is 4.79 Å². The van der Waals surface area contributed by atoms with E-state index < -0.39 is 12.0 Å². The molecular weight excluding hydrogens is 262 g/mol. The summed E-state index contributed by atoms with van der Waals surface area (Å²) in [5, 5.41) is 13.8. The van der Waals surface area contributed by atoms with Crippen molar-refractivity contribution in [2.24, 2.45) is 0 Å². The Labute approximate surface area is 116 Å². The minimum atomic E-state index is -0.948. The third kappa shape index (κ3) is 3.15. The van der Waals surface area contributed by atoms with Gasteiger partial charge in [0, 0.05) is 4.88 Å². The van der Waals surface area contributed by atoms with Gasteiger partial charge in [-0.05, 0) is 42.7 Å². The first-order valence-electron chi connectivity index (χ1n) is 6.73. The summed E-state index contributed by atoms with van der Waals surface area (Å²) in [5.74, 6) is -1.26. The maximum atomic E-state index is 12.3. The molecule has 1 aliphatic carbocycles. The van der Waals surface area contributed by atoms with Crippen molar-refractivity contribution in [1.82, 2.24) is 5.32 Å². The van der Waals surface area contributed by atoms with Crippen LogP contribution < -0.4 is 5.32 Å². The fourth-order valence-corrected chi connectivity index (χ4v) is 3.56. The molecule has 1 heterocycles. The molecule has 1 aromatic rings. The second-order valence-electron chi connectivity index (χ2n) is 4.93. The van der Waals surface area contributed by atoms with Gasteiger partial charge in [-0.2, -0.15) is 0 Å². The fraction of sp³-hybridized carbons (Fsp3) is 0.571. The summed E-state index contributed by atoms with van der Waals surface area (Å²) in [6.45, 7) is 1.92. The number of aliphatic carboxylic acids is 1. The van der Waals surface area contributed by atoms with Crippen molar-refractivity contribution in [1.29, 1.82) is 0 Å². The monoisotopic (exact) mass is 281 g/mol. The third-order valence-electron chi connectivity index (χ3n) is 3.56. The molecule has 2 atom stereocenters. The van der Waals surface area contributed by atoms with Crippen molar-refractivity contribution < 1.29 is 14.7 Å². The van der Waals surface area contributed by atoms with Gasteiger partial charge in [-0.3, -0.25) is 4.79 Å². The summed E-state index contributed by atoms with van der Waals surface area (Å²) in [4.78, 5) is 24.6. The highest BCUT2D eigenvalue weighted by Crippen LogP contribution is 2.35. The van der Waals surface area contributed by atoms with Crippen LogP contribution in [0.3, 0.4) is 0 Å². The quantitative estimate of drug-likeness (QED) is 0.871. The Morgan fingerprint density at radius 1 is 1.58 bits per heavy atom. The Kier molecular flexibility index (Phi) is 4.58. The Balaban J connectivity index is 2.07. The lowest BCUT2D eigenvalue weighted by Gasteiger charge is -2.23. The van der Waals surface area contributed by atoms with Gasteiger partial charge in [0.05, 0.1) is 5.92 Å². The molecule has 0 saturated heterocycles. The van der Waals surface area contributed by atoms with E-state index in [4.69, 9.17) is 5.11 Å². The molecule has 2 rings (SSSR count). The topological polar surface area (TPSA) is 66.4 Å². The average Bonchev–Trinajstić information content (AvgIpc) is 2.85. The molecule has 0 saturated carbocycles. The van der Waals surface area contributed by atoms with E-state index in [-0.39, 0.29) is 11.8 Å². The Morgan fingerprint density at radius 3 is 3.05 bits per heavy atom. The molecule has 4 nitrogen and oxygen atoms in total. The van der Waals surface area contributed by atoms with E-state index in [1.165, 1.54) is 4.88 Å². The molecule has 1 amide bonds. The highest BCUT2D eigenvalue weighted by molar-refractivity contribution is 7.10. The number of carbonyl (C=O) groups excluding carboxylic acids is 1. The van der Waals surface area contributed by atoms with Crippen molar-refractivity contribution in [3.8, 4) is 0 Å². The van der Waals surface area contributed by atoms with Crippen LogP contribution >= 0.6 is 11.3 Å². The first kappa shape index (κ1) is 14.1. The lowest BCUT2D eigenvalue weighted by atomic mass is 9.87. The van der Waals surface area contributed by atoms with Crippen molar-refractivity contribution in [2.75, 3.05) is 0 Å². The van der Waals surface area contributed by atoms with Crippen LogP contribution in [-0.2, 0) is 16.0 Å². The number of hydrogen-bond acceptors (Lipinski definition) is 3. The van der Waals surface area contributed by atoms with Crippen LogP contribution in [0.4, 0.5) is 0 Å². The second kappa shape index (κ2) is 6.19. The van der Waals surface area contributed by atoms with Gasteiger partial charge in [-0.1, -0.05) is 13.3 Å². The molecule has 0 aliphatic heterocycles. The number of thiophene rings is 1. The van der Waals surface area contributed by atoms with Crippen molar-refractivity contribution in [3.63, 3.8) is 0 Å². The lowest BCUT2D eigenvalue weighted by Crippen LogP contribution is -2.43. The number of carboxylic acids is 1. The lowest BCUT2D eigenvalue weighted by molar-refractivity contribution is -0.142. The average molecular weight is 281 g/mol. The first-order valence-corrected chi connectivity index (χ1v) is 7.61. The van der Waals surface area contributed by atoms with E-state index in [0.717, 1.165) is 31.2 Å². The third-order valence-corrected chi connectivity index (χ3v) is 4.56. The van der Waals surface area contributed by atoms with Crippen molar-refractivity contribution in [2.45, 2.75) is 51.0 Å². The van der Waals surface area contributed by atoms with E-state index >= 15 is 0 Å². The van der Waals surface area contributed by atoms with E-state index in [2.05, 4.69) is 5.32 Å². The largest absolute Gasteiger partial charge is 0.480 e. The fourth-order valence-electron chi connectivity index (χ4n) is 2.58. The van der Waals surface area contributed by atoms with Crippen LogP contribution in [0.25, 0.3) is 0 Å². The minimum Gasteiger partial charge on any atom is -0.480 e. The van der Waals surface area contributed by atoms with Gasteiger partial charge < -0.3 is 10.4 Å². The van der Waals surface area contributed by atoms with Gasteiger partial charge in [0.1, 0.15) is 6.04 Å². The zero-order valence-electron chi connectivity index (χ0n) is 11.0. The SMILES string of the molecule is CCC[C@H](NC(=O)C1CCCc2sccc21)C(=O)O. The standard InChI is InChI=1S/C14H19NO3S/c1-2-4-11(14(17)18)15-13(16)10-5-3-6-12-9(10)7-8-19-12/h7-8,10-11H,2-6H2,1H3,(H,15,16)(H,17,18)/t10?,11-/m0/s1. The molecular formula is C14H19NO3S. The number of aryl methyl sites for hydroxylation is 1. The number of hydrogen-bond donors (Lipinski definition) is 2. The zero-order valence-corrected chi connectivity index (χ0v) is 11.8. The van der Waals surface area contributed by atoms with Gasteiger partial charge in [0.2, 0.25) is 5.91 Å². The number of rotatable bonds is 5. The molecule has 5 heteroatoms. The summed E-state index contributed by atoms with van der Waals surface area (Å²) < 4.78 is 0. The molecule has 1 aromatic heterocycles. The van der Waals surface area contributed by atoms with Crippen LogP contribution in [-0.4, -0.2) is 23.0 Å². The number of nitrogens with one attached hydrogen (secondary N) is 1. The van der Waals surface area contributed by atoms with E-state index in [9.17, 15) is 9.59 Å². The van der Waals surface area contributed by atoms with Crippen LogP contribution in [0, 0.1) is 0 Å². The van der Waals surface area contributed by atoms with Crippen LogP contribution in [0.1, 0.15) is 49.0 Å². The zero-order chi connectivity index (χ0) is 13.8. The Morgan fingerprint density at radius 2 is 2.37 bits per heavy atom. The van der Waals surface area contributed by atoms with Gasteiger partial charge in [-0.15, -0.1) is 11.3 Å². The highest BCUT2D eigenvalue weighted by atomic mass is 32.1. The van der Waals surface area contributed by atoms with E-state index in [1.54, 1.807) is 11.3 Å². The second-order valence-corrected chi connectivity index (χ2v) is 5.93. The van der Waals surface area contributed by atoms with Crippen molar-refractivity contribution >= 4 is 23.2 Å². The molecule has 0 spiro atoms. The Bertz CT molecular complexity index is 469. The van der Waals surface area contributed by atoms with Gasteiger partial charge in [0.25, 0.3) is 0 Å². The number of carboxylic acid groups (broad SMARTS) is 1. The molecule has 2 N–H and O–H groups in total. The molecule has 0 bridgehead atoms. The molecule has 0 fully saturated rings. The van der Waals surface area contributed by atoms with Crippen LogP contribution in [0.2, 0.25) is 0 Å². The summed E-state index contributed by atoms with van der Waals surface area (Å²) >= 11 is 1.69. The van der Waals surface area contributed by atoms with Crippen LogP contribution in [0.15, 0.2) is 11.4 Å². The summed E-state index contributed by atoms with van der Waals surface area (Å²) in [6.07, 6.45) is 4.06. The molecule has 1 unspecified atom stereocenters. The number of fused-ring (bicyclic) bond motifs is 1. The summed E-state index contributed by atoms with van der Waals surface area (Å²) in [6, 6.07) is 1.24. The molecule has 1 aliphatic rings. The van der Waals surface area contributed by atoms with Crippen LogP contribution in [0.5, 0.6) is 0 Å². The normalized spacial score (nSPS) is 19.5. The predicted molar refractivity (Wildman–Crippen MR) is 74.5 cm³/mol. The summed E-state index contributed by atoms with van der Waals surface area (Å²) in [7, 11) is 0. The minimum absolute atomic E-state index is 0.139. The predicted octanol–water partition coefficient (Wildman–Crippen LogP) is 2.54. The highest BCUT2D eigenvalue weighted by Gasteiger charge is 2.29. The van der Waals surface area contributed by atoms with Gasteiger partial charge in [0.15, 0.2) is 0 Å². The first-order chi connectivity index (χ1) is 9.13. The maximum absolute atomic E-state index is 12.3. The number of carbonyl (C=O) groups is 2. The number of amides is 1. The Hall–Kier alpha value is -1.36. The molecule has 19 heavy (non-hydrogen) atoms. The molecule has 0 radical (unpaired) electrons. The van der Waals surface area contributed by atoms with E-state index in [0.29, 0.717) is 6.42 Å². The van der Waals surface area contributed by atoms with E-state index in [1.807, 2.05) is 18.4 Å². The maximum Gasteiger partial charge on any atom is 0.326 e.